The lowest BCUT2D eigenvalue weighted by molar-refractivity contribution is -0.140. The van der Waals surface area contributed by atoms with Crippen LogP contribution in [0.2, 0.25) is 0 Å². The average molecular weight is 373 g/mol. The van der Waals surface area contributed by atoms with Gasteiger partial charge in [0.2, 0.25) is 10.0 Å². The molecule has 0 amide bonds. The Morgan fingerprint density at radius 1 is 1.00 bits per heavy atom. The molecule has 0 spiro atoms. The number of carboxylic acid groups (broad SMARTS) is 1. The Balaban J connectivity index is 3.45. The van der Waals surface area contributed by atoms with Crippen molar-refractivity contribution in [2.45, 2.75) is 24.8 Å². The van der Waals surface area contributed by atoms with E-state index in [0.717, 1.165) is 32.4 Å². The molecule has 0 aliphatic carbocycles. The van der Waals surface area contributed by atoms with Crippen LogP contribution in [0.4, 0.5) is 0 Å². The normalized spacial score (nSPS) is 12.5. The van der Waals surface area contributed by atoms with Gasteiger partial charge in [0.1, 0.15) is 6.04 Å². The van der Waals surface area contributed by atoms with Crippen LogP contribution in [-0.2, 0) is 24.3 Å². The molecule has 1 atom stereocenters. The standard InChI is InChI=1S/C15H19NO8S/c1-8(2)12(13(17)18)16-25(21,22)11-6-9(14(19)23-3)5-10(7-11)15(20)24-4/h5-8,12,16H,1-4H3,(H,17,18). The smallest absolute Gasteiger partial charge is 0.337 e. The van der Waals surface area contributed by atoms with Gasteiger partial charge >= 0.3 is 17.9 Å². The highest BCUT2D eigenvalue weighted by Gasteiger charge is 2.29. The van der Waals surface area contributed by atoms with Gasteiger partial charge < -0.3 is 14.6 Å². The molecule has 0 fully saturated rings. The fourth-order valence-corrected chi connectivity index (χ4v) is 3.34. The summed E-state index contributed by atoms with van der Waals surface area (Å²) in [7, 11) is -2.13. The highest BCUT2D eigenvalue weighted by Crippen LogP contribution is 2.18. The van der Waals surface area contributed by atoms with E-state index in [9.17, 15) is 22.8 Å². The van der Waals surface area contributed by atoms with Gasteiger partial charge in [0.15, 0.2) is 0 Å². The van der Waals surface area contributed by atoms with Crippen molar-refractivity contribution >= 4 is 27.9 Å². The zero-order valence-electron chi connectivity index (χ0n) is 14.1. The molecule has 0 saturated carbocycles. The molecule has 1 rings (SSSR count). The van der Waals surface area contributed by atoms with Crippen molar-refractivity contribution in [2.75, 3.05) is 14.2 Å². The molecule has 1 aromatic rings. The summed E-state index contributed by atoms with van der Waals surface area (Å²) >= 11 is 0. The summed E-state index contributed by atoms with van der Waals surface area (Å²) < 4.78 is 36.1. The first-order chi connectivity index (χ1) is 11.5. The van der Waals surface area contributed by atoms with Gasteiger partial charge in [-0.15, -0.1) is 0 Å². The zero-order valence-corrected chi connectivity index (χ0v) is 14.9. The number of ether oxygens (including phenoxy) is 2. The Kier molecular flexibility index (Phi) is 6.65. The van der Waals surface area contributed by atoms with Crippen LogP contribution in [0.25, 0.3) is 0 Å². The van der Waals surface area contributed by atoms with Gasteiger partial charge in [-0.05, 0) is 24.1 Å². The second-order valence-corrected chi connectivity index (χ2v) is 7.12. The van der Waals surface area contributed by atoms with Gasteiger partial charge in [0.05, 0.1) is 30.2 Å². The summed E-state index contributed by atoms with van der Waals surface area (Å²) in [6.07, 6.45) is 0. The molecule has 1 unspecified atom stereocenters. The molecule has 0 aromatic heterocycles. The molecular weight excluding hydrogens is 354 g/mol. The fraction of sp³-hybridized carbons (Fsp3) is 0.400. The Bertz CT molecular complexity index is 750. The maximum absolute atomic E-state index is 12.5. The Morgan fingerprint density at radius 3 is 1.76 bits per heavy atom. The van der Waals surface area contributed by atoms with Gasteiger partial charge in [0, 0.05) is 0 Å². The number of sulfonamides is 1. The van der Waals surface area contributed by atoms with Gasteiger partial charge in [-0.25, -0.2) is 18.0 Å². The minimum absolute atomic E-state index is 0.192. The largest absolute Gasteiger partial charge is 0.480 e. The van der Waals surface area contributed by atoms with Crippen molar-refractivity contribution in [2.24, 2.45) is 5.92 Å². The molecule has 0 aliphatic rings. The van der Waals surface area contributed by atoms with Crippen LogP contribution >= 0.6 is 0 Å². The second-order valence-electron chi connectivity index (χ2n) is 5.41. The van der Waals surface area contributed by atoms with E-state index in [1.54, 1.807) is 0 Å². The topological polar surface area (TPSA) is 136 Å². The van der Waals surface area contributed by atoms with Crippen molar-refractivity contribution < 1.29 is 37.4 Å². The quantitative estimate of drug-likeness (QED) is 0.665. The number of carbonyl (C=O) groups is 3. The minimum atomic E-state index is -4.32. The maximum atomic E-state index is 12.5. The number of benzene rings is 1. The lowest BCUT2D eigenvalue weighted by Gasteiger charge is -2.18. The van der Waals surface area contributed by atoms with Crippen molar-refractivity contribution in [3.8, 4) is 0 Å². The number of nitrogens with one attached hydrogen (secondary N) is 1. The van der Waals surface area contributed by atoms with Crippen molar-refractivity contribution in [3.63, 3.8) is 0 Å². The molecule has 1 aromatic carbocycles. The van der Waals surface area contributed by atoms with Gasteiger partial charge in [0.25, 0.3) is 0 Å². The van der Waals surface area contributed by atoms with Crippen molar-refractivity contribution in [1.82, 2.24) is 4.72 Å². The second kappa shape index (κ2) is 8.08. The van der Waals surface area contributed by atoms with Crippen LogP contribution in [0.15, 0.2) is 23.1 Å². The summed E-state index contributed by atoms with van der Waals surface area (Å²) in [5, 5.41) is 9.14. The monoisotopic (exact) mass is 373 g/mol. The van der Waals surface area contributed by atoms with Crippen LogP contribution in [-0.4, -0.2) is 51.7 Å². The van der Waals surface area contributed by atoms with Crippen LogP contribution < -0.4 is 4.72 Å². The average Bonchev–Trinajstić information content (AvgIpc) is 2.57. The highest BCUT2D eigenvalue weighted by molar-refractivity contribution is 7.89. The van der Waals surface area contributed by atoms with E-state index < -0.39 is 44.8 Å². The summed E-state index contributed by atoms with van der Waals surface area (Å²) in [6, 6.07) is 1.71. The summed E-state index contributed by atoms with van der Waals surface area (Å²) in [5.41, 5.74) is -0.385. The summed E-state index contributed by atoms with van der Waals surface area (Å²) in [5.74, 6) is -3.60. The van der Waals surface area contributed by atoms with Gasteiger partial charge in [-0.1, -0.05) is 13.8 Å². The molecule has 0 aliphatic heterocycles. The number of carboxylic acids is 1. The van der Waals surface area contributed by atoms with Gasteiger partial charge in [-0.3, -0.25) is 4.79 Å². The molecule has 9 nitrogen and oxygen atoms in total. The number of esters is 2. The Hall–Kier alpha value is -2.46. The summed E-state index contributed by atoms with van der Waals surface area (Å²) in [4.78, 5) is 34.2. The molecule has 0 radical (unpaired) electrons. The third kappa shape index (κ3) is 5.00. The zero-order chi connectivity index (χ0) is 19.4. The lowest BCUT2D eigenvalue weighted by atomic mass is 10.1. The fourth-order valence-electron chi connectivity index (χ4n) is 1.93. The SMILES string of the molecule is COC(=O)c1cc(C(=O)OC)cc(S(=O)(=O)NC(C(=O)O)C(C)C)c1. The summed E-state index contributed by atoms with van der Waals surface area (Å²) in [6.45, 7) is 3.07. The van der Waals surface area contributed by atoms with E-state index in [4.69, 9.17) is 5.11 Å². The lowest BCUT2D eigenvalue weighted by Crippen LogP contribution is -2.44. The predicted octanol–water partition coefficient (Wildman–Crippen LogP) is 0.647. The van der Waals surface area contributed by atoms with Gasteiger partial charge in [-0.2, -0.15) is 4.72 Å². The van der Waals surface area contributed by atoms with E-state index in [2.05, 4.69) is 9.47 Å². The number of hydrogen-bond donors (Lipinski definition) is 2. The number of rotatable bonds is 7. The molecule has 0 saturated heterocycles. The van der Waals surface area contributed by atoms with E-state index in [-0.39, 0.29) is 11.1 Å². The third-order valence-electron chi connectivity index (χ3n) is 3.27. The van der Waals surface area contributed by atoms with Crippen molar-refractivity contribution in [1.29, 1.82) is 0 Å². The predicted molar refractivity (Wildman–Crippen MR) is 85.7 cm³/mol. The van der Waals surface area contributed by atoms with E-state index in [1.165, 1.54) is 13.8 Å². The molecule has 2 N–H and O–H groups in total. The number of carbonyl (C=O) groups excluding carboxylic acids is 2. The van der Waals surface area contributed by atoms with E-state index >= 15 is 0 Å². The Morgan fingerprint density at radius 2 is 1.44 bits per heavy atom. The molecule has 25 heavy (non-hydrogen) atoms. The van der Waals surface area contributed by atoms with Crippen LogP contribution in [0.1, 0.15) is 34.6 Å². The van der Waals surface area contributed by atoms with E-state index in [1.807, 2.05) is 4.72 Å². The maximum Gasteiger partial charge on any atom is 0.337 e. The van der Waals surface area contributed by atoms with Crippen molar-refractivity contribution in [3.05, 3.63) is 29.3 Å². The molecule has 10 heteroatoms. The molecule has 138 valence electrons. The first-order valence-electron chi connectivity index (χ1n) is 7.10. The third-order valence-corrected chi connectivity index (χ3v) is 4.69. The minimum Gasteiger partial charge on any atom is -0.480 e. The molecule has 0 heterocycles. The molecular formula is C15H19NO8S. The van der Waals surface area contributed by atoms with E-state index in [0.29, 0.717) is 0 Å². The Labute approximate surface area is 145 Å². The number of hydrogen-bond acceptors (Lipinski definition) is 7. The highest BCUT2D eigenvalue weighted by atomic mass is 32.2. The first-order valence-corrected chi connectivity index (χ1v) is 8.58. The first kappa shape index (κ1) is 20.6. The number of aliphatic carboxylic acids is 1. The molecule has 0 bridgehead atoms. The van der Waals surface area contributed by atoms with Crippen LogP contribution in [0, 0.1) is 5.92 Å². The van der Waals surface area contributed by atoms with Crippen LogP contribution in [0.3, 0.4) is 0 Å². The number of methoxy groups -OCH3 is 2. The van der Waals surface area contributed by atoms with Crippen LogP contribution in [0.5, 0.6) is 0 Å².